The molecule has 1 aliphatic rings. The van der Waals surface area contributed by atoms with Gasteiger partial charge in [0.2, 0.25) is 0 Å². The summed E-state index contributed by atoms with van der Waals surface area (Å²) < 4.78 is 0. The van der Waals surface area contributed by atoms with Gasteiger partial charge in [-0.1, -0.05) is 19.3 Å². The van der Waals surface area contributed by atoms with Crippen molar-refractivity contribution >= 4 is 0 Å². The van der Waals surface area contributed by atoms with Gasteiger partial charge in [0.25, 0.3) is 0 Å². The highest BCUT2D eigenvalue weighted by Crippen LogP contribution is 2.23. The maximum atomic E-state index is 9.64. The van der Waals surface area contributed by atoms with Crippen molar-refractivity contribution in [3.8, 4) is 0 Å². The summed E-state index contributed by atoms with van der Waals surface area (Å²) in [5.41, 5.74) is 0. The first-order valence-corrected chi connectivity index (χ1v) is 6.23. The molecule has 1 rings (SSSR count). The molecule has 0 heterocycles. The van der Waals surface area contributed by atoms with Crippen LogP contribution < -0.4 is 5.32 Å². The molecule has 0 bridgehead atoms. The third-order valence-corrected chi connectivity index (χ3v) is 3.26. The molecule has 0 aliphatic heterocycles. The molecule has 3 heteroatoms. The quantitative estimate of drug-likeness (QED) is 0.694. The largest absolute Gasteiger partial charge is 0.390 e. The number of rotatable bonds is 6. The maximum absolute atomic E-state index is 9.64. The van der Waals surface area contributed by atoms with Gasteiger partial charge in [-0.05, 0) is 32.9 Å². The monoisotopic (exact) mass is 214 g/mol. The molecule has 1 fully saturated rings. The third kappa shape index (κ3) is 5.50. The highest BCUT2D eigenvalue weighted by atomic mass is 16.3. The van der Waals surface area contributed by atoms with Crippen molar-refractivity contribution in [3.05, 3.63) is 0 Å². The second-order valence-electron chi connectivity index (χ2n) is 4.94. The molecule has 0 aromatic heterocycles. The van der Waals surface area contributed by atoms with Crippen LogP contribution in [0.25, 0.3) is 0 Å². The van der Waals surface area contributed by atoms with Crippen molar-refractivity contribution in [2.75, 3.05) is 33.7 Å². The molecule has 0 spiro atoms. The van der Waals surface area contributed by atoms with Crippen LogP contribution >= 0.6 is 0 Å². The molecule has 1 aliphatic carbocycles. The summed E-state index contributed by atoms with van der Waals surface area (Å²) in [5.74, 6) is 0.866. The molecule has 2 N–H and O–H groups in total. The van der Waals surface area contributed by atoms with Gasteiger partial charge in [-0.15, -0.1) is 0 Å². The lowest BCUT2D eigenvalue weighted by Crippen LogP contribution is -2.37. The summed E-state index contributed by atoms with van der Waals surface area (Å²) in [6.45, 7) is 2.63. The summed E-state index contributed by atoms with van der Waals surface area (Å²) in [6.07, 6.45) is 6.75. The average Bonchev–Trinajstić information content (AvgIpc) is 2.19. The summed E-state index contributed by atoms with van der Waals surface area (Å²) in [7, 11) is 4.00. The fraction of sp³-hybridized carbons (Fsp3) is 1.00. The highest BCUT2D eigenvalue weighted by Gasteiger charge is 2.16. The first-order valence-electron chi connectivity index (χ1n) is 6.23. The van der Waals surface area contributed by atoms with Crippen LogP contribution in [0.15, 0.2) is 0 Å². The van der Waals surface area contributed by atoms with Crippen LogP contribution in [-0.4, -0.2) is 49.8 Å². The van der Waals surface area contributed by atoms with Gasteiger partial charge in [0.15, 0.2) is 0 Å². The van der Waals surface area contributed by atoms with Gasteiger partial charge >= 0.3 is 0 Å². The van der Waals surface area contributed by atoms with Gasteiger partial charge < -0.3 is 15.3 Å². The lowest BCUT2D eigenvalue weighted by Gasteiger charge is -2.28. The van der Waals surface area contributed by atoms with Crippen molar-refractivity contribution in [1.29, 1.82) is 0 Å². The standard InChI is InChI=1S/C12H26N2O/c1-13-8-12(15)10-14(2)9-11-6-4-3-5-7-11/h11-13,15H,3-10H2,1-2H3. The van der Waals surface area contributed by atoms with Crippen molar-refractivity contribution in [2.24, 2.45) is 5.92 Å². The van der Waals surface area contributed by atoms with E-state index in [1.807, 2.05) is 7.05 Å². The summed E-state index contributed by atoms with van der Waals surface area (Å²) in [6, 6.07) is 0. The van der Waals surface area contributed by atoms with Gasteiger partial charge in [0.1, 0.15) is 0 Å². The van der Waals surface area contributed by atoms with E-state index in [0.29, 0.717) is 6.54 Å². The van der Waals surface area contributed by atoms with E-state index in [0.717, 1.165) is 19.0 Å². The Labute approximate surface area is 93.9 Å². The molecule has 1 unspecified atom stereocenters. The lowest BCUT2D eigenvalue weighted by atomic mass is 9.89. The minimum Gasteiger partial charge on any atom is -0.390 e. The van der Waals surface area contributed by atoms with Gasteiger partial charge in [-0.3, -0.25) is 0 Å². The maximum Gasteiger partial charge on any atom is 0.0791 e. The van der Waals surface area contributed by atoms with E-state index < -0.39 is 0 Å². The molecule has 0 radical (unpaired) electrons. The fourth-order valence-electron chi connectivity index (χ4n) is 2.54. The number of aliphatic hydroxyl groups is 1. The van der Waals surface area contributed by atoms with Crippen molar-refractivity contribution < 1.29 is 5.11 Å². The first kappa shape index (κ1) is 12.9. The SMILES string of the molecule is CNCC(O)CN(C)CC1CCCCC1. The highest BCUT2D eigenvalue weighted by molar-refractivity contribution is 4.71. The van der Waals surface area contributed by atoms with Crippen molar-refractivity contribution in [3.63, 3.8) is 0 Å². The molecule has 0 aromatic rings. The minimum atomic E-state index is -0.233. The van der Waals surface area contributed by atoms with E-state index in [9.17, 15) is 5.11 Å². The van der Waals surface area contributed by atoms with Crippen LogP contribution in [0.3, 0.4) is 0 Å². The van der Waals surface area contributed by atoms with Crippen LogP contribution in [0.4, 0.5) is 0 Å². The molecule has 3 nitrogen and oxygen atoms in total. The van der Waals surface area contributed by atoms with E-state index in [4.69, 9.17) is 0 Å². The number of nitrogens with one attached hydrogen (secondary N) is 1. The van der Waals surface area contributed by atoms with Crippen LogP contribution in [-0.2, 0) is 0 Å². The average molecular weight is 214 g/mol. The Morgan fingerprint density at radius 1 is 1.33 bits per heavy atom. The topological polar surface area (TPSA) is 35.5 Å². The first-order chi connectivity index (χ1) is 7.22. The molecule has 0 aromatic carbocycles. The fourth-order valence-corrected chi connectivity index (χ4v) is 2.54. The Kier molecular flexibility index (Phi) is 6.22. The molecular formula is C12H26N2O. The van der Waals surface area contributed by atoms with E-state index in [2.05, 4.69) is 17.3 Å². The number of nitrogens with zero attached hydrogens (tertiary/aromatic N) is 1. The minimum absolute atomic E-state index is 0.233. The molecule has 15 heavy (non-hydrogen) atoms. The molecule has 1 atom stereocenters. The van der Waals surface area contributed by atoms with E-state index in [1.165, 1.54) is 32.1 Å². The van der Waals surface area contributed by atoms with Crippen LogP contribution in [0, 0.1) is 5.92 Å². The zero-order chi connectivity index (χ0) is 11.1. The lowest BCUT2D eigenvalue weighted by molar-refractivity contribution is 0.113. The Bertz CT molecular complexity index is 158. The Morgan fingerprint density at radius 3 is 2.60 bits per heavy atom. The van der Waals surface area contributed by atoms with Crippen LogP contribution in [0.5, 0.6) is 0 Å². The van der Waals surface area contributed by atoms with Crippen molar-refractivity contribution in [2.45, 2.75) is 38.2 Å². The Hall–Kier alpha value is -0.120. The molecule has 1 saturated carbocycles. The van der Waals surface area contributed by atoms with Crippen molar-refractivity contribution in [1.82, 2.24) is 10.2 Å². The van der Waals surface area contributed by atoms with E-state index in [-0.39, 0.29) is 6.10 Å². The predicted molar refractivity (Wildman–Crippen MR) is 64.0 cm³/mol. The van der Waals surface area contributed by atoms with Crippen LogP contribution in [0.1, 0.15) is 32.1 Å². The zero-order valence-electron chi connectivity index (χ0n) is 10.2. The summed E-state index contributed by atoms with van der Waals surface area (Å²) in [5, 5.41) is 12.6. The predicted octanol–water partition coefficient (Wildman–Crippen LogP) is 1.08. The second kappa shape index (κ2) is 7.20. The number of likely N-dealkylation sites (N-methyl/N-ethyl adjacent to an activating group) is 2. The van der Waals surface area contributed by atoms with Gasteiger partial charge in [-0.2, -0.15) is 0 Å². The molecule has 90 valence electrons. The zero-order valence-corrected chi connectivity index (χ0v) is 10.2. The normalized spacial score (nSPS) is 20.8. The van der Waals surface area contributed by atoms with Gasteiger partial charge in [0, 0.05) is 19.6 Å². The molecule has 0 saturated heterocycles. The van der Waals surface area contributed by atoms with Crippen LogP contribution in [0.2, 0.25) is 0 Å². The summed E-state index contributed by atoms with van der Waals surface area (Å²) in [4.78, 5) is 2.28. The van der Waals surface area contributed by atoms with E-state index in [1.54, 1.807) is 0 Å². The number of aliphatic hydroxyl groups excluding tert-OH is 1. The molecule has 0 amide bonds. The Morgan fingerprint density at radius 2 is 2.00 bits per heavy atom. The second-order valence-corrected chi connectivity index (χ2v) is 4.94. The van der Waals surface area contributed by atoms with E-state index >= 15 is 0 Å². The summed E-state index contributed by atoms with van der Waals surface area (Å²) >= 11 is 0. The smallest absolute Gasteiger partial charge is 0.0791 e. The molecular weight excluding hydrogens is 188 g/mol. The van der Waals surface area contributed by atoms with Gasteiger partial charge in [-0.25, -0.2) is 0 Å². The third-order valence-electron chi connectivity index (χ3n) is 3.26. The number of hydrogen-bond donors (Lipinski definition) is 2. The number of hydrogen-bond acceptors (Lipinski definition) is 3. The Balaban J connectivity index is 2.13. The van der Waals surface area contributed by atoms with Gasteiger partial charge in [0.05, 0.1) is 6.10 Å².